The Morgan fingerprint density at radius 1 is 1.07 bits per heavy atom. The SMILES string of the molecule is Cc1ccc(O[C@@H]2C[C@@H]3CN(Cc4ccc(Cl)c(Cl)c4)C[C@@H]3C[C@H]2O)c(C)n1. The number of rotatable bonds is 4. The summed E-state index contributed by atoms with van der Waals surface area (Å²) in [5.74, 6) is 1.82. The Morgan fingerprint density at radius 2 is 1.82 bits per heavy atom. The minimum atomic E-state index is -0.438. The summed E-state index contributed by atoms with van der Waals surface area (Å²) in [5, 5.41) is 11.9. The van der Waals surface area contributed by atoms with Gasteiger partial charge in [0.05, 0.1) is 21.8 Å². The molecule has 2 heterocycles. The van der Waals surface area contributed by atoms with E-state index in [0.29, 0.717) is 21.9 Å². The molecule has 1 aromatic carbocycles. The third-order valence-corrected chi connectivity index (χ3v) is 6.74. The number of ether oxygens (including phenoxy) is 1. The largest absolute Gasteiger partial charge is 0.486 e. The van der Waals surface area contributed by atoms with Crippen molar-refractivity contribution in [1.29, 1.82) is 0 Å². The molecule has 0 radical (unpaired) electrons. The average molecular weight is 421 g/mol. The molecule has 0 bridgehead atoms. The number of hydrogen-bond acceptors (Lipinski definition) is 4. The molecule has 0 unspecified atom stereocenters. The van der Waals surface area contributed by atoms with Gasteiger partial charge in [-0.05, 0) is 68.4 Å². The standard InChI is InChI=1S/C22H26Cl2N2O2/c1-13-3-6-21(14(2)25-13)28-22-9-17-12-26(11-16(17)8-20(22)27)10-15-4-5-18(23)19(24)7-15/h3-7,16-17,20,22,27H,8-12H2,1-2H3/t16-,17+,20+,22+/m0/s1. The number of benzene rings is 1. The van der Waals surface area contributed by atoms with Gasteiger partial charge in [0.15, 0.2) is 0 Å². The summed E-state index contributed by atoms with van der Waals surface area (Å²) in [6.45, 7) is 6.79. The molecule has 2 fully saturated rings. The minimum Gasteiger partial charge on any atom is -0.486 e. The second kappa shape index (κ2) is 8.19. The molecule has 4 atom stereocenters. The molecule has 1 saturated carbocycles. The zero-order valence-corrected chi connectivity index (χ0v) is 17.7. The van der Waals surface area contributed by atoms with Crippen LogP contribution in [0.1, 0.15) is 29.8 Å². The van der Waals surface area contributed by atoms with E-state index in [0.717, 1.165) is 49.6 Å². The van der Waals surface area contributed by atoms with Crippen LogP contribution in [0.4, 0.5) is 0 Å². The first-order valence-corrected chi connectivity index (χ1v) is 10.6. The molecule has 1 aliphatic heterocycles. The van der Waals surface area contributed by atoms with Crippen molar-refractivity contribution in [2.45, 2.75) is 45.4 Å². The van der Waals surface area contributed by atoms with Gasteiger partial charge in [-0.15, -0.1) is 0 Å². The molecule has 1 aromatic heterocycles. The van der Waals surface area contributed by atoms with Gasteiger partial charge >= 0.3 is 0 Å². The number of aromatic nitrogens is 1. The normalized spacial score (nSPS) is 27.6. The fourth-order valence-corrected chi connectivity index (χ4v) is 4.92. The number of fused-ring (bicyclic) bond motifs is 1. The van der Waals surface area contributed by atoms with Crippen molar-refractivity contribution in [3.8, 4) is 5.75 Å². The monoisotopic (exact) mass is 420 g/mol. The maximum absolute atomic E-state index is 10.7. The van der Waals surface area contributed by atoms with Crippen molar-refractivity contribution < 1.29 is 9.84 Å². The van der Waals surface area contributed by atoms with Crippen molar-refractivity contribution in [2.24, 2.45) is 11.8 Å². The van der Waals surface area contributed by atoms with E-state index in [2.05, 4.69) is 9.88 Å². The molecule has 6 heteroatoms. The van der Waals surface area contributed by atoms with E-state index in [-0.39, 0.29) is 6.10 Å². The van der Waals surface area contributed by atoms with Crippen LogP contribution in [-0.2, 0) is 6.54 Å². The summed E-state index contributed by atoms with van der Waals surface area (Å²) in [7, 11) is 0. The predicted octanol–water partition coefficient (Wildman–Crippen LogP) is 4.66. The van der Waals surface area contributed by atoms with E-state index < -0.39 is 6.10 Å². The maximum Gasteiger partial charge on any atom is 0.141 e. The summed E-state index contributed by atoms with van der Waals surface area (Å²) >= 11 is 12.2. The Bertz CT molecular complexity index is 860. The Balaban J connectivity index is 1.39. The van der Waals surface area contributed by atoms with Crippen molar-refractivity contribution in [2.75, 3.05) is 13.1 Å². The molecule has 1 aliphatic carbocycles. The highest BCUT2D eigenvalue weighted by Gasteiger charge is 2.42. The first-order valence-electron chi connectivity index (χ1n) is 9.84. The van der Waals surface area contributed by atoms with E-state index in [4.69, 9.17) is 27.9 Å². The molecule has 1 saturated heterocycles. The van der Waals surface area contributed by atoms with E-state index in [1.807, 2.05) is 44.2 Å². The van der Waals surface area contributed by atoms with Crippen molar-refractivity contribution >= 4 is 23.2 Å². The van der Waals surface area contributed by atoms with Crippen LogP contribution in [0.5, 0.6) is 5.75 Å². The molecule has 4 rings (SSSR count). The molecule has 28 heavy (non-hydrogen) atoms. The number of aliphatic hydroxyl groups excluding tert-OH is 1. The van der Waals surface area contributed by atoms with Crippen molar-refractivity contribution in [1.82, 2.24) is 9.88 Å². The lowest BCUT2D eigenvalue weighted by Gasteiger charge is -2.35. The number of aryl methyl sites for hydroxylation is 2. The molecule has 4 nitrogen and oxygen atoms in total. The minimum absolute atomic E-state index is 0.172. The smallest absolute Gasteiger partial charge is 0.141 e. The molecule has 150 valence electrons. The van der Waals surface area contributed by atoms with Gasteiger partial charge in [0, 0.05) is 25.3 Å². The number of likely N-dealkylation sites (tertiary alicyclic amines) is 1. The lowest BCUT2D eigenvalue weighted by molar-refractivity contribution is -0.0236. The summed E-state index contributed by atoms with van der Waals surface area (Å²) in [4.78, 5) is 6.91. The van der Waals surface area contributed by atoms with Crippen LogP contribution in [-0.4, -0.2) is 40.3 Å². The first-order chi connectivity index (χ1) is 13.4. The highest BCUT2D eigenvalue weighted by atomic mass is 35.5. The van der Waals surface area contributed by atoms with E-state index in [1.165, 1.54) is 5.56 Å². The number of pyridine rings is 1. The number of hydrogen-bond donors (Lipinski definition) is 1. The zero-order chi connectivity index (χ0) is 19.8. The highest BCUT2D eigenvalue weighted by molar-refractivity contribution is 6.42. The molecule has 2 aliphatic rings. The maximum atomic E-state index is 10.7. The number of halogens is 2. The van der Waals surface area contributed by atoms with E-state index >= 15 is 0 Å². The predicted molar refractivity (Wildman–Crippen MR) is 112 cm³/mol. The van der Waals surface area contributed by atoms with Crippen LogP contribution in [0.3, 0.4) is 0 Å². The third-order valence-electron chi connectivity index (χ3n) is 6.01. The van der Waals surface area contributed by atoms with Crippen LogP contribution < -0.4 is 4.74 Å². The molecule has 2 aromatic rings. The van der Waals surface area contributed by atoms with Crippen LogP contribution >= 0.6 is 23.2 Å². The van der Waals surface area contributed by atoms with Gasteiger partial charge in [-0.2, -0.15) is 0 Å². The second-order valence-corrected chi connectivity index (χ2v) is 9.01. The van der Waals surface area contributed by atoms with Gasteiger partial charge < -0.3 is 9.84 Å². The lowest BCUT2D eigenvalue weighted by atomic mass is 9.78. The topological polar surface area (TPSA) is 45.6 Å². The number of nitrogens with zero attached hydrogens (tertiary/aromatic N) is 2. The van der Waals surface area contributed by atoms with Gasteiger partial charge in [-0.25, -0.2) is 0 Å². The van der Waals surface area contributed by atoms with E-state index in [1.54, 1.807) is 0 Å². The summed E-state index contributed by atoms with van der Waals surface area (Å²) < 4.78 is 6.18. The van der Waals surface area contributed by atoms with Crippen LogP contribution in [0, 0.1) is 25.7 Å². The van der Waals surface area contributed by atoms with Gasteiger partial charge in [0.1, 0.15) is 11.9 Å². The van der Waals surface area contributed by atoms with Crippen LogP contribution in [0.15, 0.2) is 30.3 Å². The van der Waals surface area contributed by atoms with Crippen LogP contribution in [0.25, 0.3) is 0 Å². The van der Waals surface area contributed by atoms with Crippen LogP contribution in [0.2, 0.25) is 10.0 Å². The fourth-order valence-electron chi connectivity index (χ4n) is 4.60. The Hall–Kier alpha value is -1.33. The van der Waals surface area contributed by atoms with Crippen molar-refractivity contribution in [3.63, 3.8) is 0 Å². The Kier molecular flexibility index (Phi) is 5.84. The highest BCUT2D eigenvalue weighted by Crippen LogP contribution is 2.39. The Morgan fingerprint density at radius 3 is 2.54 bits per heavy atom. The summed E-state index contributed by atoms with van der Waals surface area (Å²) in [6, 6.07) is 9.74. The molecular weight excluding hydrogens is 395 g/mol. The zero-order valence-electron chi connectivity index (χ0n) is 16.2. The quantitative estimate of drug-likeness (QED) is 0.781. The molecule has 0 spiro atoms. The van der Waals surface area contributed by atoms with Crippen molar-refractivity contribution in [3.05, 3.63) is 57.3 Å². The first kappa shape index (κ1) is 20.0. The van der Waals surface area contributed by atoms with Gasteiger partial charge in [-0.3, -0.25) is 9.88 Å². The number of aliphatic hydroxyl groups is 1. The third kappa shape index (κ3) is 4.30. The summed E-state index contributed by atoms with van der Waals surface area (Å²) in [5.41, 5.74) is 3.02. The average Bonchev–Trinajstić information content (AvgIpc) is 3.01. The molecular formula is C22H26Cl2N2O2. The summed E-state index contributed by atoms with van der Waals surface area (Å²) in [6.07, 6.45) is 1.05. The fraction of sp³-hybridized carbons (Fsp3) is 0.500. The van der Waals surface area contributed by atoms with Gasteiger partial charge in [-0.1, -0.05) is 29.3 Å². The van der Waals surface area contributed by atoms with E-state index in [9.17, 15) is 5.11 Å². The van der Waals surface area contributed by atoms with Gasteiger partial charge in [0.2, 0.25) is 0 Å². The Labute approximate surface area is 176 Å². The lowest BCUT2D eigenvalue weighted by Crippen LogP contribution is -2.42. The second-order valence-electron chi connectivity index (χ2n) is 8.19. The van der Waals surface area contributed by atoms with Gasteiger partial charge in [0.25, 0.3) is 0 Å². The molecule has 1 N–H and O–H groups in total. The molecule has 0 amide bonds.